The van der Waals surface area contributed by atoms with Crippen LogP contribution in [0.25, 0.3) is 0 Å². The third-order valence-corrected chi connectivity index (χ3v) is 4.80. The van der Waals surface area contributed by atoms with E-state index in [0.29, 0.717) is 6.04 Å². The Bertz CT molecular complexity index is 454. The number of piperidine rings is 1. The van der Waals surface area contributed by atoms with Gasteiger partial charge in [0.2, 0.25) is 0 Å². The number of anilines is 1. The topological polar surface area (TPSA) is 41.1 Å². The van der Waals surface area contributed by atoms with Crippen LogP contribution in [0.2, 0.25) is 0 Å². The average molecular weight is 288 g/mol. The summed E-state index contributed by atoms with van der Waals surface area (Å²) >= 11 is 0. The zero-order chi connectivity index (χ0) is 14.5. The number of aromatic nitrogens is 2. The van der Waals surface area contributed by atoms with Crippen LogP contribution in [0.4, 0.5) is 5.82 Å². The lowest BCUT2D eigenvalue weighted by atomic mass is 10.0. The summed E-state index contributed by atoms with van der Waals surface area (Å²) in [5.41, 5.74) is 2.75. The first-order valence-corrected chi connectivity index (χ1v) is 8.70. The van der Waals surface area contributed by atoms with Gasteiger partial charge in [-0.3, -0.25) is 0 Å². The normalized spacial score (nSPS) is 22.4. The highest BCUT2D eigenvalue weighted by atomic mass is 15.2. The van der Waals surface area contributed by atoms with Crippen LogP contribution >= 0.6 is 0 Å². The van der Waals surface area contributed by atoms with Gasteiger partial charge in [0.15, 0.2) is 0 Å². The van der Waals surface area contributed by atoms with Crippen molar-refractivity contribution in [3.05, 3.63) is 17.6 Å². The molecule has 1 N–H and O–H groups in total. The van der Waals surface area contributed by atoms with Crippen LogP contribution in [0.15, 0.2) is 6.33 Å². The molecule has 0 aromatic carbocycles. The van der Waals surface area contributed by atoms with Crippen LogP contribution in [0.5, 0.6) is 0 Å². The Morgan fingerprint density at radius 1 is 1.19 bits per heavy atom. The van der Waals surface area contributed by atoms with E-state index >= 15 is 0 Å². The average Bonchev–Trinajstić information content (AvgIpc) is 2.79. The van der Waals surface area contributed by atoms with Crippen LogP contribution in [0.1, 0.15) is 56.7 Å². The lowest BCUT2D eigenvalue weighted by Crippen LogP contribution is -2.47. The predicted molar refractivity (Wildman–Crippen MR) is 86.8 cm³/mol. The van der Waals surface area contributed by atoms with E-state index in [2.05, 4.69) is 22.1 Å². The first-order chi connectivity index (χ1) is 10.4. The first-order valence-electron chi connectivity index (χ1n) is 8.70. The highest BCUT2D eigenvalue weighted by Crippen LogP contribution is 2.29. The Balaban J connectivity index is 1.91. The SMILES string of the molecule is CCCN(c1ncnc2c1CCCCC2)C1CCCNC1. The van der Waals surface area contributed by atoms with Crippen LogP contribution in [-0.2, 0) is 12.8 Å². The van der Waals surface area contributed by atoms with Gasteiger partial charge in [-0.05, 0) is 51.5 Å². The number of aryl methyl sites for hydroxylation is 1. The third kappa shape index (κ3) is 3.37. The fraction of sp³-hybridized carbons (Fsp3) is 0.765. The molecule has 1 aliphatic heterocycles. The van der Waals surface area contributed by atoms with Crippen molar-refractivity contribution in [3.63, 3.8) is 0 Å². The van der Waals surface area contributed by atoms with Gasteiger partial charge < -0.3 is 10.2 Å². The molecule has 1 fully saturated rings. The molecule has 0 radical (unpaired) electrons. The maximum absolute atomic E-state index is 4.71. The minimum atomic E-state index is 0.598. The van der Waals surface area contributed by atoms with Gasteiger partial charge in [-0.1, -0.05) is 13.3 Å². The lowest BCUT2D eigenvalue weighted by molar-refractivity contribution is 0.428. The minimum Gasteiger partial charge on any atom is -0.352 e. The van der Waals surface area contributed by atoms with E-state index < -0.39 is 0 Å². The fourth-order valence-corrected chi connectivity index (χ4v) is 3.73. The second-order valence-electron chi connectivity index (χ2n) is 6.38. The van der Waals surface area contributed by atoms with Crippen molar-refractivity contribution in [2.75, 3.05) is 24.5 Å². The zero-order valence-electron chi connectivity index (χ0n) is 13.3. The standard InChI is InChI=1S/C17H28N4/c1-2-11-21(14-7-6-10-18-12-14)17-15-8-4-3-5-9-16(15)19-13-20-17/h13-14,18H,2-12H2,1H3. The molecule has 4 heteroatoms. The Labute approximate surface area is 128 Å². The lowest BCUT2D eigenvalue weighted by Gasteiger charge is -2.36. The summed E-state index contributed by atoms with van der Waals surface area (Å²) in [6.07, 6.45) is 11.7. The van der Waals surface area contributed by atoms with E-state index in [1.54, 1.807) is 6.33 Å². The van der Waals surface area contributed by atoms with Crippen LogP contribution in [0, 0.1) is 0 Å². The van der Waals surface area contributed by atoms with E-state index in [9.17, 15) is 0 Å². The second-order valence-corrected chi connectivity index (χ2v) is 6.38. The summed E-state index contributed by atoms with van der Waals surface area (Å²) in [5.74, 6) is 1.23. The molecule has 0 amide bonds. The molecule has 2 aliphatic rings. The molecule has 1 aromatic rings. The number of nitrogens with one attached hydrogen (secondary N) is 1. The van der Waals surface area contributed by atoms with Gasteiger partial charge in [-0.15, -0.1) is 0 Å². The van der Waals surface area contributed by atoms with E-state index in [1.165, 1.54) is 62.1 Å². The highest BCUT2D eigenvalue weighted by Gasteiger charge is 2.25. The van der Waals surface area contributed by atoms with Crippen molar-refractivity contribution < 1.29 is 0 Å². The maximum atomic E-state index is 4.71. The number of hydrogen-bond acceptors (Lipinski definition) is 4. The molecule has 2 heterocycles. The zero-order valence-corrected chi connectivity index (χ0v) is 13.3. The van der Waals surface area contributed by atoms with E-state index in [-0.39, 0.29) is 0 Å². The molecular weight excluding hydrogens is 260 g/mol. The molecule has 0 saturated carbocycles. The van der Waals surface area contributed by atoms with Crippen molar-refractivity contribution in [1.29, 1.82) is 0 Å². The Morgan fingerprint density at radius 3 is 2.90 bits per heavy atom. The molecule has 0 spiro atoms. The Hall–Kier alpha value is -1.16. The first kappa shape index (κ1) is 14.8. The molecule has 116 valence electrons. The Kier molecular flexibility index (Phi) is 5.07. The van der Waals surface area contributed by atoms with Gasteiger partial charge >= 0.3 is 0 Å². The largest absolute Gasteiger partial charge is 0.352 e. The van der Waals surface area contributed by atoms with Gasteiger partial charge in [-0.2, -0.15) is 0 Å². The van der Waals surface area contributed by atoms with Gasteiger partial charge in [0, 0.05) is 30.4 Å². The summed E-state index contributed by atoms with van der Waals surface area (Å²) in [6.45, 7) is 5.63. The third-order valence-electron chi connectivity index (χ3n) is 4.80. The molecule has 3 rings (SSSR count). The molecule has 1 aliphatic carbocycles. The van der Waals surface area contributed by atoms with E-state index in [4.69, 9.17) is 4.98 Å². The number of fused-ring (bicyclic) bond motifs is 1. The van der Waals surface area contributed by atoms with Gasteiger partial charge in [0.1, 0.15) is 12.1 Å². The molecule has 21 heavy (non-hydrogen) atoms. The quantitative estimate of drug-likeness (QED) is 0.865. The summed E-state index contributed by atoms with van der Waals surface area (Å²) in [4.78, 5) is 11.9. The molecular formula is C17H28N4. The van der Waals surface area contributed by atoms with Crippen molar-refractivity contribution in [1.82, 2.24) is 15.3 Å². The van der Waals surface area contributed by atoms with Crippen LogP contribution in [0.3, 0.4) is 0 Å². The monoisotopic (exact) mass is 288 g/mol. The molecule has 4 nitrogen and oxygen atoms in total. The van der Waals surface area contributed by atoms with Gasteiger partial charge in [-0.25, -0.2) is 9.97 Å². The number of nitrogens with zero attached hydrogens (tertiary/aromatic N) is 3. The molecule has 0 bridgehead atoms. The van der Waals surface area contributed by atoms with Crippen LogP contribution in [-0.4, -0.2) is 35.6 Å². The number of hydrogen-bond donors (Lipinski definition) is 1. The second kappa shape index (κ2) is 7.21. The summed E-state index contributed by atoms with van der Waals surface area (Å²) in [6, 6.07) is 0.598. The predicted octanol–water partition coefficient (Wildman–Crippen LogP) is 2.71. The van der Waals surface area contributed by atoms with Gasteiger partial charge in [0.05, 0.1) is 0 Å². The van der Waals surface area contributed by atoms with Crippen molar-refractivity contribution in [2.45, 2.75) is 64.3 Å². The van der Waals surface area contributed by atoms with Crippen molar-refractivity contribution >= 4 is 5.82 Å². The maximum Gasteiger partial charge on any atom is 0.135 e. The summed E-state index contributed by atoms with van der Waals surface area (Å²) in [7, 11) is 0. The van der Waals surface area contributed by atoms with Gasteiger partial charge in [0.25, 0.3) is 0 Å². The van der Waals surface area contributed by atoms with Crippen LogP contribution < -0.4 is 10.2 Å². The Morgan fingerprint density at radius 2 is 2.10 bits per heavy atom. The summed E-state index contributed by atoms with van der Waals surface area (Å²) in [5, 5.41) is 3.55. The summed E-state index contributed by atoms with van der Waals surface area (Å²) < 4.78 is 0. The van der Waals surface area contributed by atoms with Crippen molar-refractivity contribution in [3.8, 4) is 0 Å². The fourth-order valence-electron chi connectivity index (χ4n) is 3.73. The molecule has 1 saturated heterocycles. The minimum absolute atomic E-state index is 0.598. The smallest absolute Gasteiger partial charge is 0.135 e. The molecule has 1 unspecified atom stereocenters. The molecule has 1 aromatic heterocycles. The molecule has 1 atom stereocenters. The van der Waals surface area contributed by atoms with E-state index in [0.717, 1.165) is 25.9 Å². The van der Waals surface area contributed by atoms with E-state index in [1.807, 2.05) is 0 Å². The number of rotatable bonds is 4. The van der Waals surface area contributed by atoms with Crippen molar-refractivity contribution in [2.24, 2.45) is 0 Å². The highest BCUT2D eigenvalue weighted by molar-refractivity contribution is 5.50.